The zero-order valence-corrected chi connectivity index (χ0v) is 10.6. The summed E-state index contributed by atoms with van der Waals surface area (Å²) < 4.78 is 21.4. The van der Waals surface area contributed by atoms with Crippen LogP contribution in [-0.2, 0) is 14.0 Å². The Hall–Kier alpha value is 0.420. The highest BCUT2D eigenvalue weighted by atomic mass is 32.2. The van der Waals surface area contributed by atoms with Crippen LogP contribution in [0, 0.1) is 5.92 Å². The Labute approximate surface area is 93.7 Å². The summed E-state index contributed by atoms with van der Waals surface area (Å²) in [5, 5.41) is 0. The van der Waals surface area contributed by atoms with E-state index in [1.165, 1.54) is 11.8 Å². The van der Waals surface area contributed by atoms with Crippen LogP contribution in [-0.4, -0.2) is 40.0 Å². The first-order chi connectivity index (χ1) is 6.79. The average molecular weight is 256 g/mol. The van der Waals surface area contributed by atoms with Gasteiger partial charge in [0.15, 0.2) is 5.79 Å². The number of thioether (sulfide) groups is 1. The van der Waals surface area contributed by atoms with Gasteiger partial charge in [0.05, 0.1) is 18.7 Å². The van der Waals surface area contributed by atoms with Crippen molar-refractivity contribution in [3.05, 3.63) is 0 Å². The van der Waals surface area contributed by atoms with Crippen LogP contribution >= 0.6 is 19.4 Å². The molecular weight excluding hydrogens is 239 g/mol. The zero-order chi connectivity index (χ0) is 11.5. The van der Waals surface area contributed by atoms with E-state index in [9.17, 15) is 4.57 Å². The molecule has 0 aromatic rings. The molecule has 1 saturated heterocycles. The van der Waals surface area contributed by atoms with E-state index in [-0.39, 0.29) is 11.4 Å². The van der Waals surface area contributed by atoms with Gasteiger partial charge in [0, 0.05) is 11.7 Å². The van der Waals surface area contributed by atoms with Crippen molar-refractivity contribution >= 4 is 19.4 Å². The summed E-state index contributed by atoms with van der Waals surface area (Å²) in [5.41, 5.74) is -0.132. The van der Waals surface area contributed by atoms with Gasteiger partial charge in [0.25, 0.3) is 0 Å². The SMILES string of the molecule is CC1(C)OCC(CSCP(=O)(O)O)CO1. The van der Waals surface area contributed by atoms with Gasteiger partial charge in [-0.15, -0.1) is 11.8 Å². The molecule has 1 fully saturated rings. The largest absolute Gasteiger partial charge is 0.350 e. The molecule has 5 nitrogen and oxygen atoms in total. The number of hydrogen-bond acceptors (Lipinski definition) is 4. The third kappa shape index (κ3) is 5.90. The summed E-state index contributed by atoms with van der Waals surface area (Å²) in [6, 6.07) is 0. The van der Waals surface area contributed by atoms with Crippen molar-refractivity contribution in [2.45, 2.75) is 19.6 Å². The molecule has 0 radical (unpaired) electrons. The molecule has 1 aliphatic rings. The standard InChI is InChI=1S/C8H17O5PS/c1-8(2)12-3-7(4-13-8)5-15-6-14(9,10)11/h7H,3-6H2,1-2H3,(H2,9,10,11). The van der Waals surface area contributed by atoms with Crippen LogP contribution in [0.2, 0.25) is 0 Å². The van der Waals surface area contributed by atoms with E-state index in [1.807, 2.05) is 13.8 Å². The van der Waals surface area contributed by atoms with Crippen molar-refractivity contribution in [2.75, 3.05) is 24.5 Å². The Balaban J connectivity index is 2.17. The van der Waals surface area contributed by atoms with Gasteiger partial charge in [-0.2, -0.15) is 0 Å². The first kappa shape index (κ1) is 13.5. The maximum atomic E-state index is 10.6. The van der Waals surface area contributed by atoms with Crippen LogP contribution in [0.3, 0.4) is 0 Å². The van der Waals surface area contributed by atoms with Gasteiger partial charge < -0.3 is 19.3 Å². The van der Waals surface area contributed by atoms with E-state index in [0.29, 0.717) is 19.0 Å². The summed E-state index contributed by atoms with van der Waals surface area (Å²) in [7, 11) is -3.88. The van der Waals surface area contributed by atoms with Crippen molar-refractivity contribution < 1.29 is 23.8 Å². The fourth-order valence-corrected chi connectivity index (χ4v) is 3.06. The number of ether oxygens (including phenoxy) is 2. The van der Waals surface area contributed by atoms with Crippen molar-refractivity contribution in [3.63, 3.8) is 0 Å². The highest BCUT2D eigenvalue weighted by molar-refractivity contribution is 8.04. The van der Waals surface area contributed by atoms with E-state index in [1.54, 1.807) is 0 Å². The Kier molecular flexibility index (Phi) is 4.64. The quantitative estimate of drug-likeness (QED) is 0.737. The van der Waals surface area contributed by atoms with E-state index < -0.39 is 13.4 Å². The first-order valence-electron chi connectivity index (χ1n) is 4.69. The Morgan fingerprint density at radius 3 is 2.40 bits per heavy atom. The molecule has 0 unspecified atom stereocenters. The monoisotopic (exact) mass is 256 g/mol. The number of rotatable bonds is 4. The van der Waals surface area contributed by atoms with Crippen molar-refractivity contribution in [2.24, 2.45) is 5.92 Å². The highest BCUT2D eigenvalue weighted by Crippen LogP contribution is 2.39. The molecule has 0 aromatic heterocycles. The molecule has 0 aliphatic carbocycles. The van der Waals surface area contributed by atoms with Crippen LogP contribution in [0.4, 0.5) is 0 Å². The highest BCUT2D eigenvalue weighted by Gasteiger charge is 2.28. The summed E-state index contributed by atoms with van der Waals surface area (Å²) in [4.78, 5) is 17.3. The predicted molar refractivity (Wildman–Crippen MR) is 58.8 cm³/mol. The molecule has 1 rings (SSSR count). The van der Waals surface area contributed by atoms with Gasteiger partial charge in [0.1, 0.15) is 0 Å². The molecule has 0 spiro atoms. The lowest BCUT2D eigenvalue weighted by atomic mass is 10.2. The third-order valence-corrected chi connectivity index (χ3v) is 4.73. The molecule has 0 aromatic carbocycles. The smallest absolute Gasteiger partial charge is 0.335 e. The molecule has 0 saturated carbocycles. The minimum absolute atomic E-state index is 0.132. The van der Waals surface area contributed by atoms with Crippen LogP contribution < -0.4 is 0 Å². The third-order valence-electron chi connectivity index (χ3n) is 1.95. The van der Waals surface area contributed by atoms with Crippen molar-refractivity contribution in [3.8, 4) is 0 Å². The maximum absolute atomic E-state index is 10.6. The van der Waals surface area contributed by atoms with Crippen LogP contribution in [0.15, 0.2) is 0 Å². The van der Waals surface area contributed by atoms with Gasteiger partial charge >= 0.3 is 7.60 Å². The second kappa shape index (κ2) is 5.17. The molecule has 90 valence electrons. The van der Waals surface area contributed by atoms with Crippen molar-refractivity contribution in [1.82, 2.24) is 0 Å². The normalized spacial score (nSPS) is 22.9. The van der Waals surface area contributed by atoms with Gasteiger partial charge in [-0.3, -0.25) is 4.57 Å². The van der Waals surface area contributed by atoms with Crippen LogP contribution in [0.5, 0.6) is 0 Å². The lowest BCUT2D eigenvalue weighted by Gasteiger charge is -2.34. The summed E-state index contributed by atoms with van der Waals surface area (Å²) >= 11 is 1.24. The Morgan fingerprint density at radius 2 is 1.93 bits per heavy atom. The molecular formula is C8H17O5PS. The summed E-state index contributed by atoms with van der Waals surface area (Å²) in [6.45, 7) is 4.88. The fraction of sp³-hybridized carbons (Fsp3) is 1.00. The maximum Gasteiger partial charge on any atom is 0.335 e. The summed E-state index contributed by atoms with van der Waals surface area (Å²) in [5.74, 6) is 0.348. The Morgan fingerprint density at radius 1 is 1.40 bits per heavy atom. The van der Waals surface area contributed by atoms with E-state index in [4.69, 9.17) is 19.3 Å². The van der Waals surface area contributed by atoms with E-state index in [2.05, 4.69) is 0 Å². The topological polar surface area (TPSA) is 76.0 Å². The van der Waals surface area contributed by atoms with Gasteiger partial charge in [-0.25, -0.2) is 0 Å². The van der Waals surface area contributed by atoms with Gasteiger partial charge in [-0.05, 0) is 13.8 Å². The van der Waals surface area contributed by atoms with Crippen LogP contribution in [0.1, 0.15) is 13.8 Å². The molecule has 0 amide bonds. The molecule has 1 heterocycles. The minimum Gasteiger partial charge on any atom is -0.350 e. The predicted octanol–water partition coefficient (Wildman–Crippen LogP) is 1.25. The second-order valence-electron chi connectivity index (χ2n) is 4.05. The average Bonchev–Trinajstić information content (AvgIpc) is 2.06. The molecule has 15 heavy (non-hydrogen) atoms. The van der Waals surface area contributed by atoms with Gasteiger partial charge in [-0.1, -0.05) is 0 Å². The lowest BCUT2D eigenvalue weighted by Crippen LogP contribution is -2.40. The van der Waals surface area contributed by atoms with E-state index >= 15 is 0 Å². The Bertz CT molecular complexity index is 241. The first-order valence-corrected chi connectivity index (χ1v) is 7.64. The summed E-state index contributed by atoms with van der Waals surface area (Å²) in [6.07, 6.45) is 0. The number of hydrogen-bond donors (Lipinski definition) is 2. The minimum atomic E-state index is -3.88. The van der Waals surface area contributed by atoms with Gasteiger partial charge in [0.2, 0.25) is 0 Å². The second-order valence-corrected chi connectivity index (χ2v) is 7.16. The van der Waals surface area contributed by atoms with Crippen LogP contribution in [0.25, 0.3) is 0 Å². The lowest BCUT2D eigenvalue weighted by molar-refractivity contribution is -0.259. The molecule has 0 atom stereocenters. The van der Waals surface area contributed by atoms with E-state index in [0.717, 1.165) is 0 Å². The molecule has 0 bridgehead atoms. The molecule has 2 N–H and O–H groups in total. The molecule has 1 aliphatic heterocycles. The van der Waals surface area contributed by atoms with Crippen molar-refractivity contribution in [1.29, 1.82) is 0 Å². The molecule has 7 heteroatoms. The fourth-order valence-electron chi connectivity index (χ4n) is 1.16. The zero-order valence-electron chi connectivity index (χ0n) is 8.88.